The summed E-state index contributed by atoms with van der Waals surface area (Å²) in [6.07, 6.45) is 0. The van der Waals surface area contributed by atoms with E-state index in [1.54, 1.807) is 24.3 Å². The zero-order valence-corrected chi connectivity index (χ0v) is 11.7. The molecular formula is C14H20N2O4. The predicted octanol–water partition coefficient (Wildman–Crippen LogP) is 0.0598. The van der Waals surface area contributed by atoms with Crippen molar-refractivity contribution in [3.05, 3.63) is 35.4 Å². The number of aliphatic hydroxyl groups excluding tert-OH is 1. The number of carbonyl (C=O) groups excluding carboxylic acids is 2. The topological polar surface area (TPSA) is 87.7 Å². The van der Waals surface area contributed by atoms with Crippen LogP contribution in [0.4, 0.5) is 0 Å². The van der Waals surface area contributed by atoms with E-state index in [-0.39, 0.29) is 25.0 Å². The van der Waals surface area contributed by atoms with Gasteiger partial charge in [-0.15, -0.1) is 0 Å². The molecule has 0 aliphatic heterocycles. The van der Waals surface area contributed by atoms with Gasteiger partial charge in [0.05, 0.1) is 19.3 Å². The van der Waals surface area contributed by atoms with E-state index in [0.717, 1.165) is 5.56 Å². The van der Waals surface area contributed by atoms with Crippen molar-refractivity contribution in [2.75, 3.05) is 20.3 Å². The maximum Gasteiger partial charge on any atom is 0.251 e. The third kappa shape index (κ3) is 5.38. The average Bonchev–Trinajstić information content (AvgIpc) is 2.45. The van der Waals surface area contributed by atoms with Gasteiger partial charge in [-0.05, 0) is 17.7 Å². The first-order valence-corrected chi connectivity index (χ1v) is 6.31. The molecule has 3 N–H and O–H groups in total. The fourth-order valence-corrected chi connectivity index (χ4v) is 1.61. The highest BCUT2D eigenvalue weighted by Gasteiger charge is 2.12. The number of aliphatic hydroxyl groups is 1. The zero-order chi connectivity index (χ0) is 15.0. The summed E-state index contributed by atoms with van der Waals surface area (Å²) < 4.78 is 4.89. The van der Waals surface area contributed by atoms with Crippen LogP contribution in [0.25, 0.3) is 0 Å². The highest BCUT2D eigenvalue weighted by atomic mass is 16.5. The van der Waals surface area contributed by atoms with E-state index < -0.39 is 6.04 Å². The molecule has 1 atom stereocenters. The monoisotopic (exact) mass is 280 g/mol. The van der Waals surface area contributed by atoms with E-state index in [2.05, 4.69) is 10.6 Å². The highest BCUT2D eigenvalue weighted by Crippen LogP contribution is 2.05. The van der Waals surface area contributed by atoms with Crippen molar-refractivity contribution in [3.8, 4) is 0 Å². The van der Waals surface area contributed by atoms with E-state index in [4.69, 9.17) is 9.84 Å². The highest BCUT2D eigenvalue weighted by molar-refractivity contribution is 5.94. The lowest BCUT2D eigenvalue weighted by Crippen LogP contribution is -2.40. The number of hydrogen-bond acceptors (Lipinski definition) is 4. The molecular weight excluding hydrogens is 260 g/mol. The molecule has 0 fully saturated rings. The molecule has 0 spiro atoms. The van der Waals surface area contributed by atoms with Gasteiger partial charge in [-0.25, -0.2) is 0 Å². The summed E-state index contributed by atoms with van der Waals surface area (Å²) in [6, 6.07) is 6.47. The Kier molecular flexibility index (Phi) is 6.69. The molecule has 0 bridgehead atoms. The third-order valence-corrected chi connectivity index (χ3v) is 2.68. The maximum absolute atomic E-state index is 11.9. The molecule has 0 aliphatic rings. The Labute approximate surface area is 118 Å². The number of nitrogens with one attached hydrogen (secondary N) is 2. The molecule has 0 heterocycles. The molecule has 1 aromatic carbocycles. The number of methoxy groups -OCH3 is 1. The molecule has 1 unspecified atom stereocenters. The summed E-state index contributed by atoms with van der Waals surface area (Å²) in [6.45, 7) is 1.95. The fourth-order valence-electron chi connectivity index (χ4n) is 1.61. The van der Waals surface area contributed by atoms with Crippen molar-refractivity contribution in [1.29, 1.82) is 0 Å². The number of rotatable bonds is 7. The Morgan fingerprint density at radius 1 is 1.30 bits per heavy atom. The van der Waals surface area contributed by atoms with Crippen LogP contribution in [0.3, 0.4) is 0 Å². The van der Waals surface area contributed by atoms with Crippen LogP contribution in [0.5, 0.6) is 0 Å². The number of ether oxygens (including phenoxy) is 1. The molecule has 0 saturated carbocycles. The second-order valence-electron chi connectivity index (χ2n) is 4.41. The molecule has 110 valence electrons. The molecule has 1 aromatic rings. The second-order valence-corrected chi connectivity index (χ2v) is 4.41. The van der Waals surface area contributed by atoms with Crippen LogP contribution in [0.2, 0.25) is 0 Å². The van der Waals surface area contributed by atoms with Crippen LogP contribution in [0.1, 0.15) is 22.8 Å². The minimum atomic E-state index is -0.424. The molecule has 2 amide bonds. The molecule has 6 nitrogen and oxygen atoms in total. The minimum absolute atomic E-state index is 0.0998. The maximum atomic E-state index is 11.9. The Balaban J connectivity index is 2.58. The zero-order valence-electron chi connectivity index (χ0n) is 11.7. The van der Waals surface area contributed by atoms with Gasteiger partial charge in [0.1, 0.15) is 0 Å². The summed E-state index contributed by atoms with van der Waals surface area (Å²) in [5.74, 6) is -0.371. The van der Waals surface area contributed by atoms with Gasteiger partial charge in [0, 0.05) is 26.1 Å². The molecule has 6 heteroatoms. The molecule has 0 radical (unpaired) electrons. The van der Waals surface area contributed by atoms with Gasteiger partial charge in [-0.1, -0.05) is 12.1 Å². The standard InChI is InChI=1S/C14H20N2O4/c1-10(18)15-7-11-3-5-12(6-4-11)14(19)16-13(8-17)9-20-2/h3-6,13,17H,7-9H2,1-2H3,(H,15,18)(H,16,19). The first-order valence-electron chi connectivity index (χ1n) is 6.31. The van der Waals surface area contributed by atoms with Gasteiger partial charge in [0.25, 0.3) is 5.91 Å². The lowest BCUT2D eigenvalue weighted by Gasteiger charge is -2.15. The summed E-state index contributed by atoms with van der Waals surface area (Å²) in [4.78, 5) is 22.7. The fraction of sp³-hybridized carbons (Fsp3) is 0.429. The molecule has 0 aliphatic carbocycles. The van der Waals surface area contributed by atoms with Crippen LogP contribution >= 0.6 is 0 Å². The third-order valence-electron chi connectivity index (χ3n) is 2.68. The summed E-state index contributed by atoms with van der Waals surface area (Å²) in [5, 5.41) is 14.4. The van der Waals surface area contributed by atoms with E-state index in [9.17, 15) is 9.59 Å². The van der Waals surface area contributed by atoms with Crippen molar-refractivity contribution >= 4 is 11.8 Å². The van der Waals surface area contributed by atoms with Crippen LogP contribution in [-0.2, 0) is 16.1 Å². The van der Waals surface area contributed by atoms with Gasteiger partial charge in [0.15, 0.2) is 0 Å². The quantitative estimate of drug-likeness (QED) is 0.659. The average molecular weight is 280 g/mol. The van der Waals surface area contributed by atoms with E-state index in [0.29, 0.717) is 12.1 Å². The van der Waals surface area contributed by atoms with Crippen LogP contribution in [-0.4, -0.2) is 43.3 Å². The minimum Gasteiger partial charge on any atom is -0.394 e. The first kappa shape index (κ1) is 16.1. The smallest absolute Gasteiger partial charge is 0.251 e. The van der Waals surface area contributed by atoms with Gasteiger partial charge < -0.3 is 20.5 Å². The summed E-state index contributed by atoms with van der Waals surface area (Å²) in [5.41, 5.74) is 1.40. The van der Waals surface area contributed by atoms with Crippen LogP contribution < -0.4 is 10.6 Å². The first-order chi connectivity index (χ1) is 9.56. The predicted molar refractivity (Wildman–Crippen MR) is 74.2 cm³/mol. The van der Waals surface area contributed by atoms with E-state index >= 15 is 0 Å². The Morgan fingerprint density at radius 2 is 1.95 bits per heavy atom. The number of carbonyl (C=O) groups is 2. The van der Waals surface area contributed by atoms with E-state index in [1.807, 2.05) is 0 Å². The Morgan fingerprint density at radius 3 is 2.45 bits per heavy atom. The largest absolute Gasteiger partial charge is 0.394 e. The van der Waals surface area contributed by atoms with Crippen LogP contribution in [0, 0.1) is 0 Å². The normalized spacial score (nSPS) is 11.8. The Bertz CT molecular complexity index is 445. The summed E-state index contributed by atoms with van der Waals surface area (Å²) >= 11 is 0. The van der Waals surface area contributed by atoms with Crippen molar-refractivity contribution in [2.24, 2.45) is 0 Å². The van der Waals surface area contributed by atoms with Crippen LogP contribution in [0.15, 0.2) is 24.3 Å². The number of amides is 2. The van der Waals surface area contributed by atoms with Gasteiger partial charge in [-0.2, -0.15) is 0 Å². The van der Waals surface area contributed by atoms with Gasteiger partial charge in [-0.3, -0.25) is 9.59 Å². The van der Waals surface area contributed by atoms with Crippen molar-refractivity contribution in [1.82, 2.24) is 10.6 Å². The van der Waals surface area contributed by atoms with E-state index in [1.165, 1.54) is 14.0 Å². The number of benzene rings is 1. The molecule has 1 rings (SSSR count). The lowest BCUT2D eigenvalue weighted by molar-refractivity contribution is -0.119. The Hall–Kier alpha value is -1.92. The van der Waals surface area contributed by atoms with Crippen molar-refractivity contribution in [2.45, 2.75) is 19.5 Å². The van der Waals surface area contributed by atoms with Crippen molar-refractivity contribution < 1.29 is 19.4 Å². The van der Waals surface area contributed by atoms with Gasteiger partial charge >= 0.3 is 0 Å². The molecule has 0 aromatic heterocycles. The number of hydrogen-bond donors (Lipinski definition) is 3. The lowest BCUT2D eigenvalue weighted by atomic mass is 10.1. The van der Waals surface area contributed by atoms with Crippen molar-refractivity contribution in [3.63, 3.8) is 0 Å². The second kappa shape index (κ2) is 8.29. The SMILES string of the molecule is COCC(CO)NC(=O)c1ccc(CNC(C)=O)cc1. The molecule has 0 saturated heterocycles. The molecule has 20 heavy (non-hydrogen) atoms. The van der Waals surface area contributed by atoms with Gasteiger partial charge in [0.2, 0.25) is 5.91 Å². The summed E-state index contributed by atoms with van der Waals surface area (Å²) in [7, 11) is 1.51.